The fourth-order valence-electron chi connectivity index (χ4n) is 2.01. The number of nitrogens with one attached hydrogen (secondary N) is 1. The number of hydrogen-bond acceptors (Lipinski definition) is 3. The summed E-state index contributed by atoms with van der Waals surface area (Å²) in [6, 6.07) is 5.16. The largest absolute Gasteiger partial charge is 0.494 e. The minimum absolute atomic E-state index is 0.00569. The molecule has 0 atom stereocenters. The van der Waals surface area contributed by atoms with Gasteiger partial charge in [-0.25, -0.2) is 13.2 Å². The standard InChI is InChI=1S/C14H13F3N2O.C5H10.2C2H6/c1-7-3-4-10(8(15)5-7)19-14-12(17)9(16)6-11(20-2)13(14)18;1-5(2)3-4-5;2*1-2/h3-6,19H,18H2,1-2H3;3-4H2,1-2H3;2*1-2H3. The predicted molar refractivity (Wildman–Crippen MR) is 117 cm³/mol. The van der Waals surface area contributed by atoms with Gasteiger partial charge >= 0.3 is 0 Å². The molecule has 0 bridgehead atoms. The lowest BCUT2D eigenvalue weighted by molar-refractivity contribution is 0.409. The van der Waals surface area contributed by atoms with Crippen molar-refractivity contribution in [2.75, 3.05) is 18.2 Å². The maximum atomic E-state index is 13.8. The smallest absolute Gasteiger partial charge is 0.184 e. The van der Waals surface area contributed by atoms with Crippen LogP contribution in [0, 0.1) is 29.8 Å². The molecule has 29 heavy (non-hydrogen) atoms. The minimum Gasteiger partial charge on any atom is -0.494 e. The van der Waals surface area contributed by atoms with E-state index in [1.165, 1.54) is 32.1 Å². The summed E-state index contributed by atoms with van der Waals surface area (Å²) in [6.45, 7) is 14.3. The molecule has 0 spiro atoms. The van der Waals surface area contributed by atoms with Crippen LogP contribution in [-0.2, 0) is 0 Å². The third-order valence-electron chi connectivity index (χ3n) is 4.08. The van der Waals surface area contributed by atoms with Crippen LogP contribution < -0.4 is 15.8 Å². The van der Waals surface area contributed by atoms with Crippen molar-refractivity contribution in [1.29, 1.82) is 0 Å². The second kappa shape index (κ2) is 12.2. The number of anilines is 3. The first-order chi connectivity index (χ1) is 13.6. The number of ether oxygens (including phenoxy) is 1. The Balaban J connectivity index is 0.000000732. The van der Waals surface area contributed by atoms with Gasteiger partial charge in [0.05, 0.1) is 12.8 Å². The molecule has 0 amide bonds. The number of methoxy groups -OCH3 is 1. The number of nitrogen functional groups attached to an aromatic ring is 1. The molecule has 0 saturated heterocycles. The monoisotopic (exact) mass is 412 g/mol. The zero-order valence-corrected chi connectivity index (χ0v) is 18.8. The molecule has 0 aliphatic heterocycles. The van der Waals surface area contributed by atoms with Gasteiger partial charge in [-0.2, -0.15) is 0 Å². The molecule has 0 aromatic heterocycles. The van der Waals surface area contributed by atoms with Crippen molar-refractivity contribution in [3.05, 3.63) is 47.3 Å². The fraction of sp³-hybridized carbons (Fsp3) is 0.478. The lowest BCUT2D eigenvalue weighted by atomic mass is 10.2. The van der Waals surface area contributed by atoms with E-state index in [2.05, 4.69) is 19.2 Å². The molecular weight excluding hydrogens is 377 g/mol. The van der Waals surface area contributed by atoms with E-state index in [4.69, 9.17) is 10.5 Å². The Morgan fingerprint density at radius 3 is 1.90 bits per heavy atom. The molecule has 0 radical (unpaired) electrons. The van der Waals surface area contributed by atoms with E-state index in [1.54, 1.807) is 13.0 Å². The first-order valence-electron chi connectivity index (χ1n) is 9.99. The van der Waals surface area contributed by atoms with Crippen LogP contribution in [0.3, 0.4) is 0 Å². The van der Waals surface area contributed by atoms with Crippen molar-refractivity contribution < 1.29 is 17.9 Å². The first kappa shape index (κ1) is 26.6. The SMILES string of the molecule is CC.CC.CC1(C)CC1.COc1cc(F)c(F)c(Nc2ccc(C)cc2F)c1N. The summed E-state index contributed by atoms with van der Waals surface area (Å²) in [6.07, 6.45) is 2.90. The van der Waals surface area contributed by atoms with Gasteiger partial charge in [-0.15, -0.1) is 0 Å². The first-order valence-corrected chi connectivity index (χ1v) is 9.99. The summed E-state index contributed by atoms with van der Waals surface area (Å²) < 4.78 is 45.8. The molecular formula is C23H35F3N2O. The molecule has 3 rings (SSSR count). The van der Waals surface area contributed by atoms with Gasteiger partial charge < -0.3 is 15.8 Å². The van der Waals surface area contributed by atoms with Gasteiger partial charge in [0.15, 0.2) is 11.6 Å². The Hall–Kier alpha value is -2.37. The molecule has 1 fully saturated rings. The highest BCUT2D eigenvalue weighted by atomic mass is 19.2. The van der Waals surface area contributed by atoms with Gasteiger partial charge in [0.2, 0.25) is 0 Å². The average Bonchev–Trinajstić information content (AvgIpc) is 3.41. The second-order valence-electron chi connectivity index (χ2n) is 6.94. The molecule has 164 valence electrons. The summed E-state index contributed by atoms with van der Waals surface area (Å²) in [5.74, 6) is -2.94. The summed E-state index contributed by atoms with van der Waals surface area (Å²) in [7, 11) is 1.28. The number of hydrogen-bond donors (Lipinski definition) is 2. The number of benzene rings is 2. The van der Waals surface area contributed by atoms with Gasteiger partial charge in [0, 0.05) is 6.07 Å². The van der Waals surface area contributed by atoms with Gasteiger partial charge in [0.1, 0.15) is 22.9 Å². The normalized spacial score (nSPS) is 12.8. The molecule has 6 heteroatoms. The summed E-state index contributed by atoms with van der Waals surface area (Å²) in [5.41, 5.74) is 6.64. The maximum absolute atomic E-state index is 13.8. The fourth-order valence-corrected chi connectivity index (χ4v) is 2.01. The van der Waals surface area contributed by atoms with E-state index in [0.717, 1.165) is 11.5 Å². The number of nitrogens with two attached hydrogens (primary N) is 1. The lowest BCUT2D eigenvalue weighted by Crippen LogP contribution is -2.05. The molecule has 1 aliphatic rings. The van der Waals surface area contributed by atoms with Crippen LogP contribution in [0.4, 0.5) is 30.2 Å². The number of halogens is 3. The van der Waals surface area contributed by atoms with Crippen molar-refractivity contribution in [3.8, 4) is 5.75 Å². The number of aryl methyl sites for hydroxylation is 1. The van der Waals surface area contributed by atoms with Crippen molar-refractivity contribution in [3.63, 3.8) is 0 Å². The van der Waals surface area contributed by atoms with Gasteiger partial charge in [-0.05, 0) is 42.9 Å². The van der Waals surface area contributed by atoms with Gasteiger partial charge in [-0.3, -0.25) is 0 Å². The second-order valence-corrected chi connectivity index (χ2v) is 6.94. The molecule has 3 nitrogen and oxygen atoms in total. The van der Waals surface area contributed by atoms with Crippen molar-refractivity contribution in [1.82, 2.24) is 0 Å². The zero-order valence-electron chi connectivity index (χ0n) is 18.8. The zero-order chi connectivity index (χ0) is 22.8. The molecule has 2 aromatic carbocycles. The van der Waals surface area contributed by atoms with E-state index in [9.17, 15) is 13.2 Å². The minimum atomic E-state index is -1.19. The van der Waals surface area contributed by atoms with Gasteiger partial charge in [-0.1, -0.05) is 47.6 Å². The van der Waals surface area contributed by atoms with Crippen molar-refractivity contribution >= 4 is 17.1 Å². The predicted octanol–water partition coefficient (Wildman–Crippen LogP) is 7.61. The van der Waals surface area contributed by atoms with Crippen LogP contribution in [0.15, 0.2) is 24.3 Å². The lowest BCUT2D eigenvalue weighted by Gasteiger charge is -2.14. The van der Waals surface area contributed by atoms with Crippen molar-refractivity contribution in [2.45, 2.75) is 61.3 Å². The Morgan fingerprint density at radius 2 is 1.48 bits per heavy atom. The molecule has 1 saturated carbocycles. The van der Waals surface area contributed by atoms with Crippen LogP contribution in [0.5, 0.6) is 5.75 Å². The maximum Gasteiger partial charge on any atom is 0.184 e. The van der Waals surface area contributed by atoms with E-state index in [0.29, 0.717) is 5.56 Å². The average molecular weight is 413 g/mol. The topological polar surface area (TPSA) is 47.3 Å². The van der Waals surface area contributed by atoms with E-state index < -0.39 is 17.5 Å². The summed E-state index contributed by atoms with van der Waals surface area (Å²) >= 11 is 0. The number of rotatable bonds is 3. The Labute approximate surface area is 173 Å². The molecule has 1 aliphatic carbocycles. The molecule has 2 aromatic rings. The Kier molecular flexibility index (Phi) is 11.2. The summed E-state index contributed by atoms with van der Waals surface area (Å²) in [5, 5.41) is 2.46. The van der Waals surface area contributed by atoms with E-state index in [1.807, 2.05) is 27.7 Å². The molecule has 3 N–H and O–H groups in total. The highest BCUT2D eigenvalue weighted by Gasteiger charge is 2.30. The Morgan fingerprint density at radius 1 is 0.966 bits per heavy atom. The van der Waals surface area contributed by atoms with Crippen LogP contribution in [0.2, 0.25) is 0 Å². The van der Waals surface area contributed by atoms with Crippen LogP contribution in [0.25, 0.3) is 0 Å². The molecule has 0 unspecified atom stereocenters. The third-order valence-corrected chi connectivity index (χ3v) is 4.08. The van der Waals surface area contributed by atoms with Crippen LogP contribution in [-0.4, -0.2) is 7.11 Å². The summed E-state index contributed by atoms with van der Waals surface area (Å²) in [4.78, 5) is 0. The highest BCUT2D eigenvalue weighted by molar-refractivity contribution is 5.78. The van der Waals surface area contributed by atoms with Crippen LogP contribution in [0.1, 0.15) is 59.9 Å². The van der Waals surface area contributed by atoms with E-state index >= 15 is 0 Å². The van der Waals surface area contributed by atoms with Crippen LogP contribution >= 0.6 is 0 Å². The Bertz CT molecular complexity index is 771. The van der Waals surface area contributed by atoms with E-state index in [-0.39, 0.29) is 22.8 Å². The van der Waals surface area contributed by atoms with Gasteiger partial charge in [0.25, 0.3) is 0 Å². The quantitative estimate of drug-likeness (QED) is 0.510. The van der Waals surface area contributed by atoms with Crippen molar-refractivity contribution in [2.24, 2.45) is 5.41 Å². The third kappa shape index (κ3) is 8.26. The highest BCUT2D eigenvalue weighted by Crippen LogP contribution is 2.43. The molecule has 0 heterocycles.